The Morgan fingerprint density at radius 2 is 0.704 bits per heavy atom. The zero-order chi connectivity index (χ0) is 36.0. The lowest BCUT2D eigenvalue weighted by molar-refractivity contribution is 0.0976. The topological polar surface area (TPSA) is 64.7 Å². The van der Waals surface area contributed by atoms with Gasteiger partial charge in [-0.3, -0.25) is 9.59 Å². The van der Waals surface area contributed by atoms with Crippen LogP contribution in [0.5, 0.6) is 0 Å². The summed E-state index contributed by atoms with van der Waals surface area (Å²) in [6.07, 6.45) is 0. The number of benzene rings is 10. The first-order chi connectivity index (χ1) is 26.6. The normalized spacial score (nSPS) is 14.3. The molecule has 0 fully saturated rings. The van der Waals surface area contributed by atoms with Gasteiger partial charge < -0.3 is 20.4 Å². The first kappa shape index (κ1) is 29.6. The van der Waals surface area contributed by atoms with Crippen LogP contribution in [-0.2, 0) is 13.1 Å². The Morgan fingerprint density at radius 1 is 0.389 bits per heavy atom. The number of rotatable bonds is 4. The fraction of sp³-hybridized carbons (Fsp3) is 0.0833. The maximum atomic E-state index is 14.3. The van der Waals surface area contributed by atoms with Crippen LogP contribution >= 0.6 is 0 Å². The molecule has 0 radical (unpaired) electrons. The SMILES string of the molecule is CNc1ccccc1N1Cc2ccc3c4ccc5c6ccc7c8c(ccc(c9ccc(c%10ccc(c2c3%10)C1=O)c4c59)c86)C(=O)N(c1ccccc1NC)C7. The van der Waals surface area contributed by atoms with Crippen LogP contribution in [0.4, 0.5) is 22.7 Å². The summed E-state index contributed by atoms with van der Waals surface area (Å²) in [5, 5.41) is 22.9. The minimum Gasteiger partial charge on any atom is -0.386 e. The molecule has 0 saturated carbocycles. The third kappa shape index (κ3) is 3.55. The minimum absolute atomic E-state index is 0.0226. The quantitative estimate of drug-likeness (QED) is 0.142. The minimum atomic E-state index is 0.0226. The van der Waals surface area contributed by atoms with Gasteiger partial charge in [0.25, 0.3) is 11.8 Å². The van der Waals surface area contributed by atoms with E-state index in [9.17, 15) is 9.59 Å². The van der Waals surface area contributed by atoms with Gasteiger partial charge in [0.2, 0.25) is 0 Å². The molecule has 10 aromatic carbocycles. The van der Waals surface area contributed by atoms with Crippen molar-refractivity contribution in [2.24, 2.45) is 0 Å². The van der Waals surface area contributed by atoms with Crippen molar-refractivity contribution in [2.45, 2.75) is 13.1 Å². The van der Waals surface area contributed by atoms with E-state index in [0.29, 0.717) is 13.1 Å². The molecule has 54 heavy (non-hydrogen) atoms. The van der Waals surface area contributed by atoms with Gasteiger partial charge in [0.15, 0.2) is 0 Å². The summed E-state index contributed by atoms with van der Waals surface area (Å²) in [7, 11) is 3.79. The molecule has 0 unspecified atom stereocenters. The van der Waals surface area contributed by atoms with Crippen LogP contribution in [0.1, 0.15) is 31.8 Å². The van der Waals surface area contributed by atoms with Crippen molar-refractivity contribution >= 4 is 110 Å². The number of anilines is 4. The molecule has 2 N–H and O–H groups in total. The predicted octanol–water partition coefficient (Wildman–Crippen LogP) is 11.0. The second-order valence-corrected chi connectivity index (χ2v) is 14.8. The Kier molecular flexibility index (Phi) is 5.68. The molecule has 0 bridgehead atoms. The summed E-state index contributed by atoms with van der Waals surface area (Å²) in [6.45, 7) is 1.02. The van der Waals surface area contributed by atoms with E-state index in [0.717, 1.165) is 66.5 Å². The van der Waals surface area contributed by atoms with Crippen molar-refractivity contribution in [1.82, 2.24) is 0 Å². The zero-order valence-corrected chi connectivity index (χ0v) is 29.7. The summed E-state index contributed by atoms with van der Waals surface area (Å²) in [5.74, 6) is 0.0452. The zero-order valence-electron chi connectivity index (χ0n) is 29.7. The number of hydrogen-bond donors (Lipinski definition) is 2. The van der Waals surface area contributed by atoms with Crippen LogP contribution in [0.15, 0.2) is 121 Å². The lowest BCUT2D eigenvalue weighted by Crippen LogP contribution is -2.34. The maximum Gasteiger partial charge on any atom is 0.259 e. The second-order valence-electron chi connectivity index (χ2n) is 14.8. The third-order valence-corrected chi connectivity index (χ3v) is 12.4. The molecule has 0 atom stereocenters. The van der Waals surface area contributed by atoms with Crippen molar-refractivity contribution in [3.63, 3.8) is 0 Å². The maximum absolute atomic E-state index is 14.3. The van der Waals surface area contributed by atoms with Crippen LogP contribution in [0.2, 0.25) is 0 Å². The molecule has 256 valence electrons. The van der Waals surface area contributed by atoms with Gasteiger partial charge in [-0.15, -0.1) is 0 Å². The highest BCUT2D eigenvalue weighted by Gasteiger charge is 2.32. The molecular weight excluding hydrogens is 665 g/mol. The molecule has 0 aromatic heterocycles. The molecule has 2 amide bonds. The summed E-state index contributed by atoms with van der Waals surface area (Å²) in [4.78, 5) is 32.3. The Hall–Kier alpha value is -6.92. The van der Waals surface area contributed by atoms with Crippen molar-refractivity contribution in [3.05, 3.63) is 144 Å². The first-order valence-corrected chi connectivity index (χ1v) is 18.5. The van der Waals surface area contributed by atoms with E-state index in [4.69, 9.17) is 0 Å². The monoisotopic (exact) mass is 696 g/mol. The Morgan fingerprint density at radius 3 is 1.07 bits per heavy atom. The highest BCUT2D eigenvalue weighted by Crippen LogP contribution is 2.50. The number of fused-ring (bicyclic) bond motifs is 4. The van der Waals surface area contributed by atoms with Gasteiger partial charge in [-0.2, -0.15) is 0 Å². The molecule has 6 heteroatoms. The van der Waals surface area contributed by atoms with E-state index < -0.39 is 0 Å². The molecule has 10 aromatic rings. The van der Waals surface area contributed by atoms with Gasteiger partial charge in [0.1, 0.15) is 0 Å². The van der Waals surface area contributed by atoms with E-state index in [-0.39, 0.29) is 11.8 Å². The van der Waals surface area contributed by atoms with E-state index >= 15 is 0 Å². The lowest BCUT2D eigenvalue weighted by Gasteiger charge is -2.32. The van der Waals surface area contributed by atoms with Crippen LogP contribution in [0.25, 0.3) is 75.4 Å². The summed E-state index contributed by atoms with van der Waals surface area (Å²) >= 11 is 0. The van der Waals surface area contributed by atoms with Crippen molar-refractivity contribution in [3.8, 4) is 0 Å². The highest BCUT2D eigenvalue weighted by atomic mass is 16.2. The molecule has 2 aliphatic rings. The average molecular weight is 697 g/mol. The Bertz CT molecular complexity index is 3020. The molecule has 2 heterocycles. The highest BCUT2D eigenvalue weighted by molar-refractivity contribution is 6.44. The molecule has 0 saturated heterocycles. The van der Waals surface area contributed by atoms with Crippen molar-refractivity contribution in [2.75, 3.05) is 34.5 Å². The summed E-state index contributed by atoms with van der Waals surface area (Å²) in [5.41, 5.74) is 7.42. The van der Waals surface area contributed by atoms with Gasteiger partial charge in [-0.25, -0.2) is 0 Å². The number of carbonyl (C=O) groups excluding carboxylic acids is 2. The fourth-order valence-electron chi connectivity index (χ4n) is 10.0. The smallest absolute Gasteiger partial charge is 0.259 e. The first-order valence-electron chi connectivity index (χ1n) is 18.5. The van der Waals surface area contributed by atoms with Crippen LogP contribution < -0.4 is 20.4 Å². The van der Waals surface area contributed by atoms with Gasteiger partial charge in [0, 0.05) is 36.0 Å². The van der Waals surface area contributed by atoms with Crippen LogP contribution in [-0.4, -0.2) is 25.9 Å². The molecule has 2 aliphatic heterocycles. The Balaban J connectivity index is 1.10. The largest absolute Gasteiger partial charge is 0.386 e. The molecular formula is C48H32N4O2. The number of carbonyl (C=O) groups is 2. The van der Waals surface area contributed by atoms with Gasteiger partial charge in [-0.05, 0) is 112 Å². The Labute approximate surface area is 309 Å². The van der Waals surface area contributed by atoms with Gasteiger partial charge >= 0.3 is 0 Å². The molecule has 0 spiro atoms. The summed E-state index contributed by atoms with van der Waals surface area (Å²) < 4.78 is 0. The van der Waals surface area contributed by atoms with E-state index in [1.54, 1.807) is 0 Å². The number of amides is 2. The summed E-state index contributed by atoms with van der Waals surface area (Å²) in [6, 6.07) is 42.5. The standard InChI is InChI=1S/C48H32N4O2/c1-49-37-7-3-5-9-39(37)51-23-25-11-13-27-31-15-16-32-28-14-12-26-24-52(40-10-6-4-8-38(40)50-2)48(54)36-22-20-30(44(28)42(26)36)34-18-17-33(45(31)46(32)34)29-19-21-35(47(51)53)41(25)43(27)29/h3-22,49-50H,23-24H2,1-2H3. The van der Waals surface area contributed by atoms with Gasteiger partial charge in [0.05, 0.1) is 35.8 Å². The van der Waals surface area contributed by atoms with Crippen molar-refractivity contribution in [1.29, 1.82) is 0 Å². The fourth-order valence-corrected chi connectivity index (χ4v) is 10.0. The lowest BCUT2D eigenvalue weighted by atomic mass is 9.81. The van der Waals surface area contributed by atoms with Crippen LogP contribution in [0.3, 0.4) is 0 Å². The molecule has 0 aliphatic carbocycles. The van der Waals surface area contributed by atoms with Gasteiger partial charge in [-0.1, -0.05) is 84.9 Å². The molecule has 6 nitrogen and oxygen atoms in total. The number of hydrogen-bond acceptors (Lipinski definition) is 4. The van der Waals surface area contributed by atoms with E-state index in [2.05, 4.69) is 71.3 Å². The number of nitrogens with zero attached hydrogens (tertiary/aromatic N) is 2. The molecule has 12 rings (SSSR count). The number of para-hydroxylation sites is 4. The van der Waals surface area contributed by atoms with E-state index in [1.807, 2.05) is 84.6 Å². The van der Waals surface area contributed by atoms with E-state index in [1.165, 1.54) is 53.9 Å². The average Bonchev–Trinajstić information content (AvgIpc) is 3.22. The number of nitrogens with one attached hydrogen (secondary N) is 2. The van der Waals surface area contributed by atoms with Crippen molar-refractivity contribution < 1.29 is 9.59 Å². The predicted molar refractivity (Wildman–Crippen MR) is 224 cm³/mol. The van der Waals surface area contributed by atoms with Crippen LogP contribution in [0, 0.1) is 0 Å². The third-order valence-electron chi connectivity index (χ3n) is 12.4. The second kappa shape index (κ2) is 10.4.